The maximum absolute atomic E-state index is 13.1. The van der Waals surface area contributed by atoms with Crippen molar-refractivity contribution >= 4 is 34.7 Å². The van der Waals surface area contributed by atoms with E-state index in [0.29, 0.717) is 5.75 Å². The van der Waals surface area contributed by atoms with Crippen molar-refractivity contribution < 1.29 is 4.79 Å². The molecule has 0 atom stereocenters. The molecule has 0 saturated carbocycles. The van der Waals surface area contributed by atoms with Gasteiger partial charge in [-0.3, -0.25) is 9.36 Å². The number of para-hydroxylation sites is 2. The lowest BCUT2D eigenvalue weighted by Gasteiger charge is -2.29. The third-order valence-corrected chi connectivity index (χ3v) is 7.05. The van der Waals surface area contributed by atoms with E-state index in [1.807, 2.05) is 41.3 Å². The van der Waals surface area contributed by atoms with Crippen LogP contribution in [-0.4, -0.2) is 27.8 Å². The van der Waals surface area contributed by atoms with Gasteiger partial charge in [-0.25, -0.2) is 4.98 Å². The first-order valence-electron chi connectivity index (χ1n) is 9.99. The Bertz CT molecular complexity index is 1150. The van der Waals surface area contributed by atoms with Gasteiger partial charge in [0.1, 0.15) is 0 Å². The average molecular weight is 432 g/mol. The van der Waals surface area contributed by atoms with Gasteiger partial charge >= 0.3 is 0 Å². The fourth-order valence-corrected chi connectivity index (χ4v) is 5.33. The number of hydrogen-bond donors (Lipinski definition) is 0. The van der Waals surface area contributed by atoms with Crippen molar-refractivity contribution in [3.8, 4) is 16.3 Å². The minimum absolute atomic E-state index is 0.132. The number of aryl methyl sites for hydroxylation is 1. The number of thiophene rings is 1. The van der Waals surface area contributed by atoms with Crippen LogP contribution >= 0.6 is 23.1 Å². The summed E-state index contributed by atoms with van der Waals surface area (Å²) in [4.78, 5) is 21.0. The summed E-state index contributed by atoms with van der Waals surface area (Å²) in [7, 11) is 0. The second-order valence-electron chi connectivity index (χ2n) is 7.16. The van der Waals surface area contributed by atoms with Crippen molar-refractivity contribution in [2.24, 2.45) is 0 Å². The zero-order valence-corrected chi connectivity index (χ0v) is 18.0. The summed E-state index contributed by atoms with van der Waals surface area (Å²) in [6, 6.07) is 22.5. The van der Waals surface area contributed by atoms with Crippen molar-refractivity contribution in [3.63, 3.8) is 0 Å². The molecule has 5 rings (SSSR count). The zero-order chi connectivity index (χ0) is 20.3. The SMILES string of the molecule is O=C(CSc1nc(-c2cccs2)cn1-c1ccccc1)N1CCCc2ccccc21. The fraction of sp³-hybridized carbons (Fsp3) is 0.167. The van der Waals surface area contributed by atoms with E-state index < -0.39 is 0 Å². The van der Waals surface area contributed by atoms with E-state index in [4.69, 9.17) is 4.98 Å². The number of benzene rings is 2. The molecule has 0 radical (unpaired) electrons. The van der Waals surface area contributed by atoms with Gasteiger partial charge in [0.15, 0.2) is 5.16 Å². The second kappa shape index (κ2) is 8.50. The lowest BCUT2D eigenvalue weighted by molar-refractivity contribution is -0.116. The number of fused-ring (bicyclic) bond motifs is 1. The van der Waals surface area contributed by atoms with Gasteiger partial charge in [-0.2, -0.15) is 0 Å². The molecule has 0 fully saturated rings. The van der Waals surface area contributed by atoms with Crippen LogP contribution in [0.2, 0.25) is 0 Å². The van der Waals surface area contributed by atoms with Crippen LogP contribution in [0, 0.1) is 0 Å². The molecule has 150 valence electrons. The first-order valence-corrected chi connectivity index (χ1v) is 11.9. The molecule has 0 saturated heterocycles. The van der Waals surface area contributed by atoms with Crippen molar-refractivity contribution in [2.45, 2.75) is 18.0 Å². The Morgan fingerprint density at radius 1 is 1.03 bits per heavy atom. The standard InChI is InChI=1S/C24H21N3OS2/c28-23(26-14-6-9-18-8-4-5-12-21(18)26)17-30-24-25-20(22-13-7-15-29-22)16-27(24)19-10-2-1-3-11-19/h1-5,7-8,10-13,15-16H,6,9,14,17H2. The third-order valence-electron chi connectivity index (χ3n) is 5.22. The Kier molecular flexibility index (Phi) is 5.43. The predicted octanol–water partition coefficient (Wildman–Crippen LogP) is 5.67. The maximum atomic E-state index is 13.1. The van der Waals surface area contributed by atoms with Gasteiger partial charge in [-0.05, 0) is 48.1 Å². The molecule has 0 spiro atoms. The summed E-state index contributed by atoms with van der Waals surface area (Å²) in [6.45, 7) is 0.782. The minimum Gasteiger partial charge on any atom is -0.311 e. The zero-order valence-electron chi connectivity index (χ0n) is 16.4. The summed E-state index contributed by atoms with van der Waals surface area (Å²) in [5.74, 6) is 0.495. The highest BCUT2D eigenvalue weighted by molar-refractivity contribution is 7.99. The molecule has 0 N–H and O–H groups in total. The minimum atomic E-state index is 0.132. The normalized spacial score (nSPS) is 13.3. The summed E-state index contributed by atoms with van der Waals surface area (Å²) in [5, 5.41) is 2.89. The summed E-state index contributed by atoms with van der Waals surface area (Å²) >= 11 is 3.17. The highest BCUT2D eigenvalue weighted by atomic mass is 32.2. The van der Waals surface area contributed by atoms with Crippen LogP contribution in [0.4, 0.5) is 5.69 Å². The quantitative estimate of drug-likeness (QED) is 0.382. The van der Waals surface area contributed by atoms with Crippen LogP contribution in [0.3, 0.4) is 0 Å². The summed E-state index contributed by atoms with van der Waals surface area (Å²) < 4.78 is 2.08. The molecule has 3 heterocycles. The number of aromatic nitrogens is 2. The number of rotatable bonds is 5. The van der Waals surface area contributed by atoms with E-state index in [9.17, 15) is 4.79 Å². The Morgan fingerprint density at radius 2 is 1.87 bits per heavy atom. The molecule has 1 aliphatic heterocycles. The molecular weight excluding hydrogens is 410 g/mol. The highest BCUT2D eigenvalue weighted by Gasteiger charge is 2.23. The van der Waals surface area contributed by atoms with Crippen molar-refractivity contribution in [1.82, 2.24) is 9.55 Å². The van der Waals surface area contributed by atoms with Crippen LogP contribution in [0.1, 0.15) is 12.0 Å². The Balaban J connectivity index is 1.40. The van der Waals surface area contributed by atoms with Gasteiger partial charge in [-0.1, -0.05) is 54.2 Å². The Morgan fingerprint density at radius 3 is 2.70 bits per heavy atom. The smallest absolute Gasteiger partial charge is 0.237 e. The van der Waals surface area contributed by atoms with Crippen LogP contribution in [0.15, 0.2) is 83.5 Å². The molecule has 2 aromatic carbocycles. The largest absolute Gasteiger partial charge is 0.311 e. The first kappa shape index (κ1) is 19.2. The molecule has 1 amide bonds. The van der Waals surface area contributed by atoms with Crippen molar-refractivity contribution in [3.05, 3.63) is 83.9 Å². The average Bonchev–Trinajstić information content (AvgIpc) is 3.48. The van der Waals surface area contributed by atoms with Crippen molar-refractivity contribution in [1.29, 1.82) is 0 Å². The molecule has 1 aliphatic rings. The maximum Gasteiger partial charge on any atom is 0.237 e. The van der Waals surface area contributed by atoms with Crippen molar-refractivity contribution in [2.75, 3.05) is 17.2 Å². The number of carbonyl (C=O) groups excluding carboxylic acids is 1. The number of imidazole rings is 1. The molecule has 6 heteroatoms. The Labute approximate surface area is 184 Å². The number of hydrogen-bond acceptors (Lipinski definition) is 4. The van der Waals surface area contributed by atoms with Gasteiger partial charge in [0.2, 0.25) is 5.91 Å². The number of amides is 1. The van der Waals surface area contributed by atoms with Crippen LogP contribution in [0.5, 0.6) is 0 Å². The van der Waals surface area contributed by atoms with Gasteiger partial charge in [0, 0.05) is 24.1 Å². The fourth-order valence-electron chi connectivity index (χ4n) is 3.78. The van der Waals surface area contributed by atoms with E-state index in [1.54, 1.807) is 11.3 Å². The van der Waals surface area contributed by atoms with Crippen LogP contribution in [0.25, 0.3) is 16.3 Å². The van der Waals surface area contributed by atoms with E-state index >= 15 is 0 Å². The van der Waals surface area contributed by atoms with Gasteiger partial charge in [0.05, 0.1) is 16.3 Å². The summed E-state index contributed by atoms with van der Waals surface area (Å²) in [5.41, 5.74) is 4.30. The second-order valence-corrected chi connectivity index (χ2v) is 9.05. The molecule has 30 heavy (non-hydrogen) atoms. The molecule has 0 unspecified atom stereocenters. The lowest BCUT2D eigenvalue weighted by atomic mass is 10.0. The molecule has 4 aromatic rings. The number of carbonyl (C=O) groups is 1. The summed E-state index contributed by atoms with van der Waals surface area (Å²) in [6.07, 6.45) is 4.11. The monoisotopic (exact) mass is 431 g/mol. The lowest BCUT2D eigenvalue weighted by Crippen LogP contribution is -2.36. The van der Waals surface area contributed by atoms with Gasteiger partial charge in [0.25, 0.3) is 0 Å². The van der Waals surface area contributed by atoms with E-state index in [2.05, 4.69) is 46.5 Å². The van der Waals surface area contributed by atoms with E-state index in [1.165, 1.54) is 17.3 Å². The van der Waals surface area contributed by atoms with Crippen LogP contribution in [-0.2, 0) is 11.2 Å². The molecule has 2 aromatic heterocycles. The van der Waals surface area contributed by atoms with Gasteiger partial charge < -0.3 is 4.90 Å². The first-order chi connectivity index (χ1) is 14.8. The molecule has 0 bridgehead atoms. The molecular formula is C24H21N3OS2. The number of thioether (sulfide) groups is 1. The van der Waals surface area contributed by atoms with E-state index in [-0.39, 0.29) is 5.91 Å². The highest BCUT2D eigenvalue weighted by Crippen LogP contribution is 2.31. The number of nitrogens with zero attached hydrogens (tertiary/aromatic N) is 3. The van der Waals surface area contributed by atoms with Gasteiger partial charge in [-0.15, -0.1) is 11.3 Å². The Hall–Kier alpha value is -2.83. The van der Waals surface area contributed by atoms with Crippen LogP contribution < -0.4 is 4.90 Å². The van der Waals surface area contributed by atoms with E-state index in [0.717, 1.165) is 46.5 Å². The third kappa shape index (κ3) is 3.80. The predicted molar refractivity (Wildman–Crippen MR) is 125 cm³/mol. The molecule has 0 aliphatic carbocycles. The topological polar surface area (TPSA) is 38.1 Å². The molecule has 4 nitrogen and oxygen atoms in total. The number of anilines is 1.